The second-order valence-electron chi connectivity index (χ2n) is 4.48. The van der Waals surface area contributed by atoms with Crippen molar-refractivity contribution in [3.63, 3.8) is 0 Å². The molecule has 3 aromatic rings. The third kappa shape index (κ3) is 1.92. The highest BCUT2D eigenvalue weighted by molar-refractivity contribution is 9.10. The van der Waals surface area contributed by atoms with Crippen LogP contribution in [0.3, 0.4) is 0 Å². The second kappa shape index (κ2) is 4.82. The van der Waals surface area contributed by atoms with E-state index in [1.165, 1.54) is 6.07 Å². The predicted molar refractivity (Wildman–Crippen MR) is 82.3 cm³/mol. The number of rotatable bonds is 2. The van der Waals surface area contributed by atoms with Crippen molar-refractivity contribution in [2.24, 2.45) is 7.05 Å². The van der Waals surface area contributed by atoms with Gasteiger partial charge in [-0.2, -0.15) is 5.10 Å². The quantitative estimate of drug-likeness (QED) is 0.709. The van der Waals surface area contributed by atoms with E-state index in [0.29, 0.717) is 14.9 Å². The molecule has 0 amide bonds. The maximum Gasteiger partial charge on any atom is 0.184 e. The Labute approximate surface area is 128 Å². The number of aromatic nitrogens is 4. The van der Waals surface area contributed by atoms with Gasteiger partial charge in [-0.05, 0) is 36.8 Å². The lowest BCUT2D eigenvalue weighted by Crippen LogP contribution is -2.03. The molecule has 0 aliphatic rings. The van der Waals surface area contributed by atoms with E-state index in [1.807, 2.05) is 14.0 Å². The van der Waals surface area contributed by atoms with Gasteiger partial charge in [0.15, 0.2) is 10.4 Å². The molecule has 0 atom stereocenters. The molecule has 2 aromatic heterocycles. The Balaban J connectivity index is 2.39. The van der Waals surface area contributed by atoms with E-state index in [4.69, 9.17) is 12.2 Å². The van der Waals surface area contributed by atoms with Gasteiger partial charge in [-0.3, -0.25) is 4.57 Å². The maximum atomic E-state index is 14.2. The minimum atomic E-state index is -0.337. The Bertz CT molecular complexity index is 861. The number of fused-ring (bicyclic) bond motifs is 1. The first kappa shape index (κ1) is 13.5. The van der Waals surface area contributed by atoms with Gasteiger partial charge in [0.1, 0.15) is 11.3 Å². The van der Waals surface area contributed by atoms with E-state index in [2.05, 4.69) is 26.0 Å². The number of aryl methyl sites for hydroxylation is 2. The minimum absolute atomic E-state index is 0.337. The summed E-state index contributed by atoms with van der Waals surface area (Å²) >= 11 is 8.59. The molecule has 0 spiro atoms. The number of hydrogen-bond donors (Lipinski definition) is 1. The van der Waals surface area contributed by atoms with Crippen LogP contribution in [0.25, 0.3) is 16.9 Å². The lowest BCUT2D eigenvalue weighted by molar-refractivity contribution is 0.616. The standard InChI is InChI=1S/C13H12BrFN4S/c1-3-9-11-12(18(2)17-9)19(13(20)16-11)10-5-4-7(14)6-8(10)15/h4-6H,3H2,1-2H3,(H,16,20). The van der Waals surface area contributed by atoms with Crippen LogP contribution in [0.15, 0.2) is 22.7 Å². The molecule has 1 aromatic carbocycles. The van der Waals surface area contributed by atoms with E-state index in [0.717, 1.165) is 23.3 Å². The molecule has 1 N–H and O–H groups in total. The smallest absolute Gasteiger partial charge is 0.184 e. The van der Waals surface area contributed by atoms with E-state index in [-0.39, 0.29) is 5.82 Å². The van der Waals surface area contributed by atoms with Crippen molar-refractivity contribution in [2.75, 3.05) is 0 Å². The van der Waals surface area contributed by atoms with Crippen molar-refractivity contribution in [1.29, 1.82) is 0 Å². The monoisotopic (exact) mass is 354 g/mol. The van der Waals surface area contributed by atoms with Crippen LogP contribution in [0, 0.1) is 10.6 Å². The Morgan fingerprint density at radius 2 is 2.20 bits per heavy atom. The highest BCUT2D eigenvalue weighted by atomic mass is 79.9. The normalized spacial score (nSPS) is 11.4. The van der Waals surface area contributed by atoms with Gasteiger partial charge in [0, 0.05) is 11.5 Å². The maximum absolute atomic E-state index is 14.2. The molecular weight excluding hydrogens is 343 g/mol. The van der Waals surface area contributed by atoms with Gasteiger partial charge < -0.3 is 4.98 Å². The van der Waals surface area contributed by atoms with Crippen LogP contribution in [0.4, 0.5) is 4.39 Å². The van der Waals surface area contributed by atoms with Crippen molar-refractivity contribution in [3.05, 3.63) is 39.0 Å². The molecule has 0 unspecified atom stereocenters. The molecule has 0 aliphatic heterocycles. The third-order valence-corrected chi connectivity index (χ3v) is 4.00. The van der Waals surface area contributed by atoms with Gasteiger partial charge in [-0.1, -0.05) is 22.9 Å². The first-order valence-electron chi connectivity index (χ1n) is 6.15. The van der Waals surface area contributed by atoms with Crippen LogP contribution < -0.4 is 0 Å². The molecule has 2 heterocycles. The number of H-pyrrole nitrogens is 1. The SMILES string of the molecule is CCc1nn(C)c2c1[nH]c(=S)n2-c1ccc(Br)cc1F. The third-order valence-electron chi connectivity index (χ3n) is 3.22. The van der Waals surface area contributed by atoms with Crippen LogP contribution >= 0.6 is 28.1 Å². The predicted octanol–water partition coefficient (Wildman–Crippen LogP) is 3.89. The molecule has 0 aliphatic carbocycles. The number of imidazole rings is 1. The molecule has 3 rings (SSSR count). The van der Waals surface area contributed by atoms with Gasteiger partial charge in [0.2, 0.25) is 0 Å². The summed E-state index contributed by atoms with van der Waals surface area (Å²) in [5.74, 6) is -0.337. The Kier molecular flexibility index (Phi) is 3.25. The zero-order valence-corrected chi connectivity index (χ0v) is 13.3. The van der Waals surface area contributed by atoms with Crippen LogP contribution in [0.1, 0.15) is 12.6 Å². The molecular formula is C13H12BrFN4S. The van der Waals surface area contributed by atoms with E-state index in [1.54, 1.807) is 21.4 Å². The Morgan fingerprint density at radius 3 is 2.85 bits per heavy atom. The van der Waals surface area contributed by atoms with Crippen molar-refractivity contribution < 1.29 is 4.39 Å². The van der Waals surface area contributed by atoms with Gasteiger partial charge in [-0.15, -0.1) is 0 Å². The number of hydrogen-bond acceptors (Lipinski definition) is 2. The number of nitrogens with one attached hydrogen (secondary N) is 1. The molecule has 0 saturated heterocycles. The summed E-state index contributed by atoms with van der Waals surface area (Å²) in [5, 5.41) is 4.43. The summed E-state index contributed by atoms with van der Waals surface area (Å²) in [6.45, 7) is 2.02. The average Bonchev–Trinajstić information content (AvgIpc) is 2.87. The topological polar surface area (TPSA) is 38.5 Å². The van der Waals surface area contributed by atoms with Crippen molar-refractivity contribution >= 4 is 39.3 Å². The minimum Gasteiger partial charge on any atom is -0.327 e. The van der Waals surface area contributed by atoms with Crippen molar-refractivity contribution in [1.82, 2.24) is 19.3 Å². The first-order valence-corrected chi connectivity index (χ1v) is 7.35. The van der Waals surface area contributed by atoms with E-state index < -0.39 is 0 Å². The lowest BCUT2D eigenvalue weighted by atomic mass is 10.3. The summed E-state index contributed by atoms with van der Waals surface area (Å²) in [4.78, 5) is 3.12. The molecule has 7 heteroatoms. The summed E-state index contributed by atoms with van der Waals surface area (Å²) in [6, 6.07) is 4.91. The number of benzene rings is 1. The molecule has 0 radical (unpaired) electrons. The van der Waals surface area contributed by atoms with Crippen LogP contribution in [0.2, 0.25) is 0 Å². The first-order chi connectivity index (χ1) is 9.52. The number of halogens is 2. The molecule has 0 fully saturated rings. The van der Waals surface area contributed by atoms with Crippen molar-refractivity contribution in [2.45, 2.75) is 13.3 Å². The number of nitrogens with zero attached hydrogens (tertiary/aromatic N) is 3. The molecule has 20 heavy (non-hydrogen) atoms. The summed E-state index contributed by atoms with van der Waals surface area (Å²) in [6.07, 6.45) is 0.787. The zero-order chi connectivity index (χ0) is 14.4. The Hall–Kier alpha value is -1.47. The Morgan fingerprint density at radius 1 is 1.45 bits per heavy atom. The van der Waals surface area contributed by atoms with Crippen LogP contribution in [-0.4, -0.2) is 19.3 Å². The average molecular weight is 355 g/mol. The summed E-state index contributed by atoms with van der Waals surface area (Å²) < 4.78 is 18.8. The fraction of sp³-hybridized carbons (Fsp3) is 0.231. The van der Waals surface area contributed by atoms with Gasteiger partial charge in [0.05, 0.1) is 11.4 Å². The van der Waals surface area contributed by atoms with E-state index >= 15 is 0 Å². The van der Waals surface area contributed by atoms with Crippen LogP contribution in [0.5, 0.6) is 0 Å². The zero-order valence-electron chi connectivity index (χ0n) is 10.9. The summed E-state index contributed by atoms with van der Waals surface area (Å²) in [7, 11) is 1.83. The lowest BCUT2D eigenvalue weighted by Gasteiger charge is -2.06. The molecule has 0 saturated carbocycles. The fourth-order valence-corrected chi connectivity index (χ4v) is 2.97. The van der Waals surface area contributed by atoms with Gasteiger partial charge >= 0.3 is 0 Å². The van der Waals surface area contributed by atoms with Crippen LogP contribution in [-0.2, 0) is 13.5 Å². The number of aromatic amines is 1. The highest BCUT2D eigenvalue weighted by Gasteiger charge is 2.17. The summed E-state index contributed by atoms with van der Waals surface area (Å²) in [5.41, 5.74) is 2.97. The largest absolute Gasteiger partial charge is 0.327 e. The van der Waals surface area contributed by atoms with Gasteiger partial charge in [0.25, 0.3) is 0 Å². The molecule has 104 valence electrons. The van der Waals surface area contributed by atoms with Crippen molar-refractivity contribution in [3.8, 4) is 5.69 Å². The fourth-order valence-electron chi connectivity index (χ4n) is 2.35. The van der Waals surface area contributed by atoms with E-state index in [9.17, 15) is 4.39 Å². The second-order valence-corrected chi connectivity index (χ2v) is 5.79. The molecule has 0 bridgehead atoms. The van der Waals surface area contributed by atoms with Gasteiger partial charge in [-0.25, -0.2) is 9.07 Å². The highest BCUT2D eigenvalue weighted by Crippen LogP contribution is 2.25. The molecule has 4 nitrogen and oxygen atoms in total.